The summed E-state index contributed by atoms with van der Waals surface area (Å²) in [5.74, 6) is 2.58. The smallest absolute Gasteiger partial charge is 0.180 e. The number of halogens is 1. The highest BCUT2D eigenvalue weighted by Gasteiger charge is 2.25. The lowest BCUT2D eigenvalue weighted by molar-refractivity contribution is 0.279. The molecule has 0 spiro atoms. The second kappa shape index (κ2) is 6.31. The average molecular weight is 392 g/mol. The summed E-state index contributed by atoms with van der Waals surface area (Å²) < 4.78 is 4.32. The zero-order valence-electron chi connectivity index (χ0n) is 15.7. The summed E-state index contributed by atoms with van der Waals surface area (Å²) in [7, 11) is 0. The Balaban J connectivity index is 1.37. The molecule has 2 aliphatic rings. The Morgan fingerprint density at radius 2 is 1.89 bits per heavy atom. The summed E-state index contributed by atoms with van der Waals surface area (Å²) in [4.78, 5) is 4.76. The maximum Gasteiger partial charge on any atom is 0.180 e. The third-order valence-electron chi connectivity index (χ3n) is 6.35. The minimum absolute atomic E-state index is 0.645. The highest BCUT2D eigenvalue weighted by atomic mass is 35.5. The molecule has 0 bridgehead atoms. The van der Waals surface area contributed by atoms with E-state index in [0.717, 1.165) is 58.4 Å². The van der Waals surface area contributed by atoms with Gasteiger partial charge >= 0.3 is 0 Å². The van der Waals surface area contributed by atoms with Crippen LogP contribution in [0.1, 0.15) is 37.9 Å². The normalized spacial score (nSPS) is 17.5. The van der Waals surface area contributed by atoms with Crippen LogP contribution in [-0.4, -0.2) is 24.1 Å². The second-order valence-electron chi connectivity index (χ2n) is 8.40. The lowest BCUT2D eigenvalue weighted by atomic mass is 9.85. The molecular weight excluding hydrogens is 370 g/mol. The third-order valence-corrected chi connectivity index (χ3v) is 6.72. The standard InChI is InChI=1S/C22H22ClN5/c23-20-18(7-9-28-19(10-14-4-5-14)25-26-22(20)28)17-11-16-6-8-27(21(16)24-12-17)13-15-2-1-3-15/h6-9,11-12,14-15H,1-5,10,13H2. The fourth-order valence-electron chi connectivity index (χ4n) is 4.24. The van der Waals surface area contributed by atoms with Crippen LogP contribution in [0.4, 0.5) is 0 Å². The molecule has 2 aliphatic carbocycles. The molecule has 0 radical (unpaired) electrons. The van der Waals surface area contributed by atoms with Crippen molar-refractivity contribution < 1.29 is 0 Å². The van der Waals surface area contributed by atoms with Gasteiger partial charge in [-0.25, -0.2) is 4.98 Å². The molecule has 6 heteroatoms. The van der Waals surface area contributed by atoms with Crippen LogP contribution in [0.3, 0.4) is 0 Å². The number of hydrogen-bond acceptors (Lipinski definition) is 3. The van der Waals surface area contributed by atoms with Crippen molar-refractivity contribution in [1.82, 2.24) is 24.1 Å². The maximum atomic E-state index is 6.74. The quantitative estimate of drug-likeness (QED) is 0.472. The summed E-state index contributed by atoms with van der Waals surface area (Å²) in [6.07, 6.45) is 13.8. The van der Waals surface area contributed by atoms with Gasteiger partial charge in [-0.1, -0.05) is 18.0 Å². The van der Waals surface area contributed by atoms with E-state index in [1.54, 1.807) is 0 Å². The first-order chi connectivity index (χ1) is 13.8. The van der Waals surface area contributed by atoms with Crippen molar-refractivity contribution in [3.05, 3.63) is 47.6 Å². The maximum absolute atomic E-state index is 6.74. The number of aromatic nitrogens is 5. The minimum atomic E-state index is 0.645. The van der Waals surface area contributed by atoms with Crippen LogP contribution in [0.25, 0.3) is 27.8 Å². The molecule has 2 saturated carbocycles. The summed E-state index contributed by atoms with van der Waals surface area (Å²) in [5.41, 5.74) is 3.77. The first-order valence-electron chi connectivity index (χ1n) is 10.2. The molecule has 0 atom stereocenters. The molecule has 4 heterocycles. The summed E-state index contributed by atoms with van der Waals surface area (Å²) >= 11 is 6.74. The average Bonchev–Trinajstić information content (AvgIpc) is 3.25. The molecule has 0 amide bonds. The molecule has 0 N–H and O–H groups in total. The fourth-order valence-corrected chi connectivity index (χ4v) is 4.54. The molecule has 28 heavy (non-hydrogen) atoms. The summed E-state index contributed by atoms with van der Waals surface area (Å²) in [6, 6.07) is 6.39. The van der Waals surface area contributed by atoms with Crippen molar-refractivity contribution in [2.24, 2.45) is 11.8 Å². The predicted molar refractivity (Wildman–Crippen MR) is 110 cm³/mol. The number of rotatable bonds is 5. The van der Waals surface area contributed by atoms with Gasteiger partial charge in [0.15, 0.2) is 5.65 Å². The lowest BCUT2D eigenvalue weighted by Crippen LogP contribution is -2.17. The number of nitrogens with zero attached hydrogens (tertiary/aromatic N) is 5. The zero-order chi connectivity index (χ0) is 18.7. The molecule has 0 unspecified atom stereocenters. The first-order valence-corrected chi connectivity index (χ1v) is 10.6. The van der Waals surface area contributed by atoms with Crippen LogP contribution < -0.4 is 0 Å². The molecule has 0 aliphatic heterocycles. The SMILES string of the molecule is Clc1c(-c2cnc3c(ccn3CC3CCC3)c2)ccn2c(CC3CC3)nnc12. The highest BCUT2D eigenvalue weighted by Crippen LogP contribution is 2.35. The van der Waals surface area contributed by atoms with E-state index < -0.39 is 0 Å². The molecule has 0 aromatic carbocycles. The van der Waals surface area contributed by atoms with Crippen LogP contribution in [0, 0.1) is 11.8 Å². The zero-order valence-corrected chi connectivity index (χ0v) is 16.4. The largest absolute Gasteiger partial charge is 0.332 e. The molecule has 2 fully saturated rings. The third kappa shape index (κ3) is 2.72. The van der Waals surface area contributed by atoms with Crippen molar-refractivity contribution >= 4 is 28.3 Å². The van der Waals surface area contributed by atoms with Crippen LogP contribution in [0.15, 0.2) is 36.8 Å². The van der Waals surface area contributed by atoms with Crippen molar-refractivity contribution in [3.8, 4) is 11.1 Å². The van der Waals surface area contributed by atoms with E-state index in [-0.39, 0.29) is 0 Å². The van der Waals surface area contributed by atoms with Gasteiger partial charge in [0.2, 0.25) is 0 Å². The van der Waals surface area contributed by atoms with E-state index in [0.29, 0.717) is 5.02 Å². The van der Waals surface area contributed by atoms with E-state index in [1.807, 2.05) is 16.8 Å². The van der Waals surface area contributed by atoms with Gasteiger partial charge < -0.3 is 4.57 Å². The number of fused-ring (bicyclic) bond motifs is 2. The van der Waals surface area contributed by atoms with Gasteiger partial charge in [-0.05, 0) is 55.7 Å². The fraction of sp³-hybridized carbons (Fsp3) is 0.409. The highest BCUT2D eigenvalue weighted by molar-refractivity contribution is 6.36. The van der Waals surface area contributed by atoms with Gasteiger partial charge in [0.1, 0.15) is 11.5 Å². The first kappa shape index (κ1) is 16.5. The van der Waals surface area contributed by atoms with Crippen molar-refractivity contribution in [2.45, 2.75) is 45.1 Å². The monoisotopic (exact) mass is 391 g/mol. The lowest BCUT2D eigenvalue weighted by Gasteiger charge is -2.25. The Morgan fingerprint density at radius 1 is 1.00 bits per heavy atom. The Bertz CT molecular complexity index is 1180. The van der Waals surface area contributed by atoms with Gasteiger partial charge in [0.25, 0.3) is 0 Å². The van der Waals surface area contributed by atoms with Gasteiger partial charge in [0, 0.05) is 48.1 Å². The van der Waals surface area contributed by atoms with E-state index in [9.17, 15) is 0 Å². The molecular formula is C22H22ClN5. The summed E-state index contributed by atoms with van der Waals surface area (Å²) in [5, 5.41) is 10.5. The van der Waals surface area contributed by atoms with Crippen LogP contribution in [0.5, 0.6) is 0 Å². The Labute approximate surface area is 168 Å². The number of pyridine rings is 2. The molecule has 4 aromatic heterocycles. The van der Waals surface area contributed by atoms with Crippen molar-refractivity contribution in [1.29, 1.82) is 0 Å². The van der Waals surface area contributed by atoms with Gasteiger partial charge in [0.05, 0.1) is 5.02 Å². The Hall–Kier alpha value is -2.40. The molecule has 142 valence electrons. The Kier molecular flexibility index (Phi) is 3.73. The predicted octanol–water partition coefficient (Wildman–Crippen LogP) is 5.15. The van der Waals surface area contributed by atoms with E-state index in [2.05, 4.69) is 39.2 Å². The molecule has 4 aromatic rings. The van der Waals surface area contributed by atoms with E-state index >= 15 is 0 Å². The van der Waals surface area contributed by atoms with Crippen molar-refractivity contribution in [3.63, 3.8) is 0 Å². The van der Waals surface area contributed by atoms with Crippen LogP contribution >= 0.6 is 11.6 Å². The van der Waals surface area contributed by atoms with E-state index in [1.165, 1.54) is 32.1 Å². The molecule has 6 rings (SSSR count). The van der Waals surface area contributed by atoms with Crippen LogP contribution in [0.2, 0.25) is 5.02 Å². The van der Waals surface area contributed by atoms with Gasteiger partial charge in [-0.2, -0.15) is 0 Å². The van der Waals surface area contributed by atoms with Gasteiger partial charge in [-0.15, -0.1) is 10.2 Å². The van der Waals surface area contributed by atoms with Crippen molar-refractivity contribution in [2.75, 3.05) is 0 Å². The van der Waals surface area contributed by atoms with Crippen LogP contribution in [-0.2, 0) is 13.0 Å². The van der Waals surface area contributed by atoms with E-state index in [4.69, 9.17) is 16.6 Å². The Morgan fingerprint density at radius 3 is 2.68 bits per heavy atom. The number of hydrogen-bond donors (Lipinski definition) is 0. The summed E-state index contributed by atoms with van der Waals surface area (Å²) in [6.45, 7) is 1.08. The topological polar surface area (TPSA) is 48.0 Å². The minimum Gasteiger partial charge on any atom is -0.332 e. The van der Waals surface area contributed by atoms with Gasteiger partial charge in [-0.3, -0.25) is 4.40 Å². The second-order valence-corrected chi connectivity index (χ2v) is 8.78. The molecule has 5 nitrogen and oxygen atoms in total. The molecule has 0 saturated heterocycles.